The molecule has 1 saturated carbocycles. The van der Waals surface area contributed by atoms with Gasteiger partial charge in [-0.1, -0.05) is 6.08 Å². The number of rotatable bonds is 2. The summed E-state index contributed by atoms with van der Waals surface area (Å²) in [4.78, 5) is 12.6. The van der Waals surface area contributed by atoms with Crippen molar-refractivity contribution in [2.24, 2.45) is 11.8 Å². The minimum Gasteiger partial charge on any atom is -0.466 e. The molecule has 0 N–H and O–H groups in total. The largest absolute Gasteiger partial charge is 0.466 e. The predicted molar refractivity (Wildman–Crippen MR) is 48.7 cm³/mol. The van der Waals surface area contributed by atoms with Crippen LogP contribution in [0.4, 0.5) is 0 Å². The van der Waals surface area contributed by atoms with E-state index in [4.69, 9.17) is 4.74 Å². The molecule has 0 saturated heterocycles. The molecule has 3 atom stereocenters. The molecule has 1 heterocycles. The van der Waals surface area contributed by atoms with E-state index in [0.717, 1.165) is 0 Å². The molecular weight excluding hydrogens is 172 g/mol. The molecule has 1 fully saturated rings. The Hall–Kier alpha value is -0.440. The van der Waals surface area contributed by atoms with Gasteiger partial charge in [0.15, 0.2) is 0 Å². The molecule has 2 aliphatic rings. The van der Waals surface area contributed by atoms with Gasteiger partial charge in [-0.05, 0) is 18.8 Å². The Morgan fingerprint density at radius 1 is 1.75 bits per heavy atom. The molecule has 1 aliphatic carbocycles. The molecule has 0 aromatic heterocycles. The van der Waals surface area contributed by atoms with E-state index >= 15 is 0 Å². The summed E-state index contributed by atoms with van der Waals surface area (Å²) < 4.78 is 4.96. The van der Waals surface area contributed by atoms with Crippen molar-refractivity contribution in [1.29, 1.82) is 0 Å². The van der Waals surface area contributed by atoms with Crippen molar-refractivity contribution in [2.75, 3.05) is 6.61 Å². The monoisotopic (exact) mass is 184 g/mol. The van der Waals surface area contributed by atoms with Gasteiger partial charge in [0.2, 0.25) is 0 Å². The first kappa shape index (κ1) is 8.17. The fraction of sp³-hybridized carbons (Fsp3) is 0.667. The van der Waals surface area contributed by atoms with Crippen molar-refractivity contribution >= 4 is 17.7 Å². The second kappa shape index (κ2) is 2.80. The third kappa shape index (κ3) is 1.16. The summed E-state index contributed by atoms with van der Waals surface area (Å²) in [5, 5.41) is 0.504. The predicted octanol–water partition coefficient (Wildman–Crippen LogP) is 1.81. The van der Waals surface area contributed by atoms with Gasteiger partial charge in [0.05, 0.1) is 12.5 Å². The van der Waals surface area contributed by atoms with E-state index in [0.29, 0.717) is 17.8 Å². The lowest BCUT2D eigenvalue weighted by Crippen LogP contribution is -2.09. The summed E-state index contributed by atoms with van der Waals surface area (Å²) >= 11 is 1.82. The van der Waals surface area contributed by atoms with Crippen LogP contribution in [-0.2, 0) is 9.53 Å². The molecule has 0 aromatic carbocycles. The van der Waals surface area contributed by atoms with Gasteiger partial charge in [-0.15, -0.1) is 11.8 Å². The quantitative estimate of drug-likeness (QED) is 0.612. The molecule has 0 aromatic rings. The average molecular weight is 184 g/mol. The van der Waals surface area contributed by atoms with E-state index in [1.807, 2.05) is 18.7 Å². The topological polar surface area (TPSA) is 26.3 Å². The molecule has 1 aliphatic heterocycles. The molecule has 0 bridgehead atoms. The standard InChI is InChI=1S/C9H12O2S/c1-3-11-9(10)7-6-4-5(2)12-8(6)7/h4,6-8H,3H2,1-2H3. The number of allylic oxidation sites excluding steroid dienone is 2. The Kier molecular flexibility index (Phi) is 1.91. The zero-order valence-electron chi connectivity index (χ0n) is 7.24. The van der Waals surface area contributed by atoms with Crippen LogP contribution >= 0.6 is 11.8 Å². The van der Waals surface area contributed by atoms with E-state index < -0.39 is 0 Å². The highest BCUT2D eigenvalue weighted by Crippen LogP contribution is 2.57. The highest BCUT2D eigenvalue weighted by Gasteiger charge is 2.57. The van der Waals surface area contributed by atoms with Crippen molar-refractivity contribution in [3.05, 3.63) is 11.0 Å². The minimum atomic E-state index is -0.0104. The summed E-state index contributed by atoms with van der Waals surface area (Å²) in [7, 11) is 0. The van der Waals surface area contributed by atoms with E-state index in [1.54, 1.807) is 0 Å². The van der Waals surface area contributed by atoms with Crippen LogP contribution in [0.2, 0.25) is 0 Å². The first-order valence-corrected chi connectivity index (χ1v) is 5.13. The zero-order valence-corrected chi connectivity index (χ0v) is 8.06. The lowest BCUT2D eigenvalue weighted by Gasteiger charge is -2.01. The summed E-state index contributed by atoms with van der Waals surface area (Å²) in [5.41, 5.74) is 0. The van der Waals surface area contributed by atoms with Gasteiger partial charge in [-0.2, -0.15) is 0 Å². The molecule has 0 radical (unpaired) electrons. The van der Waals surface area contributed by atoms with Crippen molar-refractivity contribution in [3.63, 3.8) is 0 Å². The van der Waals surface area contributed by atoms with Crippen LogP contribution in [0.25, 0.3) is 0 Å². The molecule has 0 spiro atoms. The van der Waals surface area contributed by atoms with Gasteiger partial charge >= 0.3 is 5.97 Å². The van der Waals surface area contributed by atoms with Crippen LogP contribution < -0.4 is 0 Å². The number of thioether (sulfide) groups is 1. The Morgan fingerprint density at radius 3 is 3.00 bits per heavy atom. The van der Waals surface area contributed by atoms with Crippen LogP contribution in [-0.4, -0.2) is 17.8 Å². The maximum Gasteiger partial charge on any atom is 0.310 e. The van der Waals surface area contributed by atoms with Crippen LogP contribution in [0, 0.1) is 11.8 Å². The smallest absolute Gasteiger partial charge is 0.310 e. The molecule has 0 amide bonds. The van der Waals surface area contributed by atoms with Crippen molar-refractivity contribution in [3.8, 4) is 0 Å². The van der Waals surface area contributed by atoms with Crippen LogP contribution in [0.1, 0.15) is 13.8 Å². The second-order valence-electron chi connectivity index (χ2n) is 3.21. The number of ether oxygens (including phenoxy) is 1. The first-order valence-electron chi connectivity index (χ1n) is 4.25. The molecule has 3 unspecified atom stereocenters. The maximum atomic E-state index is 11.3. The number of esters is 1. The lowest BCUT2D eigenvalue weighted by molar-refractivity contribution is -0.144. The molecular formula is C9H12O2S. The molecule has 2 nitrogen and oxygen atoms in total. The summed E-state index contributed by atoms with van der Waals surface area (Å²) in [6, 6.07) is 0. The van der Waals surface area contributed by atoms with E-state index in [1.165, 1.54) is 4.91 Å². The minimum absolute atomic E-state index is 0.0104. The number of hydrogen-bond donors (Lipinski definition) is 0. The van der Waals surface area contributed by atoms with Crippen LogP contribution in [0.15, 0.2) is 11.0 Å². The molecule has 12 heavy (non-hydrogen) atoms. The zero-order chi connectivity index (χ0) is 8.72. The number of carbonyl (C=O) groups excluding carboxylic acids is 1. The van der Waals surface area contributed by atoms with Crippen LogP contribution in [0.5, 0.6) is 0 Å². The van der Waals surface area contributed by atoms with E-state index in [-0.39, 0.29) is 11.9 Å². The Morgan fingerprint density at radius 2 is 2.50 bits per heavy atom. The van der Waals surface area contributed by atoms with E-state index in [9.17, 15) is 4.79 Å². The van der Waals surface area contributed by atoms with Crippen LogP contribution in [0.3, 0.4) is 0 Å². The molecule has 2 rings (SSSR count). The van der Waals surface area contributed by atoms with Crippen molar-refractivity contribution in [1.82, 2.24) is 0 Å². The number of hydrogen-bond acceptors (Lipinski definition) is 3. The number of carbonyl (C=O) groups is 1. The van der Waals surface area contributed by atoms with Gasteiger partial charge in [0, 0.05) is 11.2 Å². The SMILES string of the molecule is CCOC(=O)C1C2C=C(C)SC21. The fourth-order valence-electron chi connectivity index (χ4n) is 1.71. The summed E-state index contributed by atoms with van der Waals surface area (Å²) in [6.45, 7) is 4.45. The van der Waals surface area contributed by atoms with Gasteiger partial charge < -0.3 is 4.74 Å². The highest BCUT2D eigenvalue weighted by molar-refractivity contribution is 8.04. The molecule has 66 valence electrons. The Balaban J connectivity index is 1.92. The van der Waals surface area contributed by atoms with Crippen molar-refractivity contribution < 1.29 is 9.53 Å². The average Bonchev–Trinajstić information content (AvgIpc) is 2.51. The fourth-order valence-corrected chi connectivity index (χ4v) is 3.13. The third-order valence-electron chi connectivity index (χ3n) is 2.31. The normalized spacial score (nSPS) is 37.2. The Labute approximate surface area is 76.4 Å². The Bertz CT molecular complexity index is 247. The first-order chi connectivity index (χ1) is 5.74. The van der Waals surface area contributed by atoms with E-state index in [2.05, 4.69) is 13.0 Å². The highest BCUT2D eigenvalue weighted by atomic mass is 32.2. The third-order valence-corrected chi connectivity index (χ3v) is 3.70. The lowest BCUT2D eigenvalue weighted by atomic mass is 10.3. The van der Waals surface area contributed by atoms with Gasteiger partial charge in [-0.25, -0.2) is 0 Å². The second-order valence-corrected chi connectivity index (χ2v) is 4.64. The van der Waals surface area contributed by atoms with Gasteiger partial charge in [0.1, 0.15) is 0 Å². The van der Waals surface area contributed by atoms with Gasteiger partial charge in [0.25, 0.3) is 0 Å². The molecule has 3 heteroatoms. The van der Waals surface area contributed by atoms with Gasteiger partial charge in [-0.3, -0.25) is 4.79 Å². The van der Waals surface area contributed by atoms with Crippen molar-refractivity contribution in [2.45, 2.75) is 19.1 Å². The summed E-state index contributed by atoms with van der Waals surface area (Å²) in [6.07, 6.45) is 2.19. The number of fused-ring (bicyclic) bond motifs is 1. The maximum absolute atomic E-state index is 11.3. The summed E-state index contributed by atoms with van der Waals surface area (Å²) in [5.74, 6) is 0.636.